The van der Waals surface area contributed by atoms with Gasteiger partial charge in [0.1, 0.15) is 5.82 Å². The summed E-state index contributed by atoms with van der Waals surface area (Å²) >= 11 is 5.80. The largest absolute Gasteiger partial charge is 0.310 e. The molecule has 1 atom stereocenters. The van der Waals surface area contributed by atoms with Gasteiger partial charge in [0.15, 0.2) is 0 Å². The first-order chi connectivity index (χ1) is 9.60. The Hall–Kier alpha value is -1.39. The third-order valence-corrected chi connectivity index (χ3v) is 3.50. The Balaban J connectivity index is 2.09. The number of halogens is 2. The zero-order valence-electron chi connectivity index (χ0n) is 11.7. The summed E-state index contributed by atoms with van der Waals surface area (Å²) in [6.45, 7) is 2.81. The van der Waals surface area contributed by atoms with Gasteiger partial charge >= 0.3 is 0 Å². The van der Waals surface area contributed by atoms with Crippen molar-refractivity contribution in [3.63, 3.8) is 0 Å². The molecule has 1 unspecified atom stereocenters. The molecule has 3 nitrogen and oxygen atoms in total. The third kappa shape index (κ3) is 3.81. The lowest BCUT2D eigenvalue weighted by Crippen LogP contribution is -2.22. The molecular weight excluding hydrogens is 277 g/mol. The molecule has 2 rings (SSSR count). The molecule has 0 aliphatic carbocycles. The number of benzene rings is 1. The fourth-order valence-electron chi connectivity index (χ4n) is 2.31. The van der Waals surface area contributed by atoms with Crippen molar-refractivity contribution in [3.05, 3.63) is 52.6 Å². The van der Waals surface area contributed by atoms with Crippen molar-refractivity contribution in [2.75, 3.05) is 6.54 Å². The highest BCUT2D eigenvalue weighted by Crippen LogP contribution is 2.24. The SMILES string of the molecule is CCNC(CCc1cnn(C)c1)c1ccc(Cl)cc1F. The molecule has 0 bridgehead atoms. The van der Waals surface area contributed by atoms with Crippen LogP contribution in [-0.2, 0) is 13.5 Å². The summed E-state index contributed by atoms with van der Waals surface area (Å²) in [5, 5.41) is 7.90. The highest BCUT2D eigenvalue weighted by Gasteiger charge is 2.15. The number of aryl methyl sites for hydroxylation is 2. The van der Waals surface area contributed by atoms with Crippen LogP contribution in [0.25, 0.3) is 0 Å². The molecule has 1 N–H and O–H groups in total. The van der Waals surface area contributed by atoms with Gasteiger partial charge in [0.05, 0.1) is 6.20 Å². The van der Waals surface area contributed by atoms with Crippen LogP contribution in [0.3, 0.4) is 0 Å². The summed E-state index contributed by atoms with van der Waals surface area (Å²) < 4.78 is 15.8. The molecule has 0 fully saturated rings. The highest BCUT2D eigenvalue weighted by molar-refractivity contribution is 6.30. The third-order valence-electron chi connectivity index (χ3n) is 3.27. The van der Waals surface area contributed by atoms with Crippen molar-refractivity contribution in [2.45, 2.75) is 25.8 Å². The van der Waals surface area contributed by atoms with E-state index in [1.54, 1.807) is 16.8 Å². The van der Waals surface area contributed by atoms with E-state index in [2.05, 4.69) is 10.4 Å². The highest BCUT2D eigenvalue weighted by atomic mass is 35.5. The average Bonchev–Trinajstić information content (AvgIpc) is 2.81. The normalized spacial score (nSPS) is 12.6. The van der Waals surface area contributed by atoms with Gasteiger partial charge in [-0.1, -0.05) is 24.6 Å². The van der Waals surface area contributed by atoms with Crippen LogP contribution in [0.4, 0.5) is 4.39 Å². The molecule has 1 heterocycles. The number of hydrogen-bond donors (Lipinski definition) is 1. The van der Waals surface area contributed by atoms with E-state index in [0.717, 1.165) is 24.9 Å². The Labute approximate surface area is 123 Å². The van der Waals surface area contributed by atoms with Gasteiger partial charge in [-0.05, 0) is 37.1 Å². The van der Waals surface area contributed by atoms with E-state index in [1.165, 1.54) is 6.07 Å². The fourth-order valence-corrected chi connectivity index (χ4v) is 2.47. The summed E-state index contributed by atoms with van der Waals surface area (Å²) in [4.78, 5) is 0. The molecule has 1 aromatic carbocycles. The molecule has 0 saturated carbocycles. The second-order valence-electron chi connectivity index (χ2n) is 4.84. The minimum atomic E-state index is -0.255. The molecule has 0 aliphatic rings. The summed E-state index contributed by atoms with van der Waals surface area (Å²) in [7, 11) is 1.89. The smallest absolute Gasteiger partial charge is 0.129 e. The van der Waals surface area contributed by atoms with Crippen molar-refractivity contribution in [1.29, 1.82) is 0 Å². The van der Waals surface area contributed by atoms with Crippen molar-refractivity contribution >= 4 is 11.6 Å². The average molecular weight is 296 g/mol. The summed E-state index contributed by atoms with van der Waals surface area (Å²) in [6.07, 6.45) is 5.51. The first-order valence-electron chi connectivity index (χ1n) is 6.76. The number of nitrogens with one attached hydrogen (secondary N) is 1. The Morgan fingerprint density at radius 1 is 1.45 bits per heavy atom. The monoisotopic (exact) mass is 295 g/mol. The summed E-state index contributed by atoms with van der Waals surface area (Å²) in [6, 6.07) is 4.84. The van der Waals surface area contributed by atoms with Crippen molar-refractivity contribution in [1.82, 2.24) is 15.1 Å². The fraction of sp³-hybridized carbons (Fsp3) is 0.400. The van der Waals surface area contributed by atoms with Crippen LogP contribution in [0.5, 0.6) is 0 Å². The quantitative estimate of drug-likeness (QED) is 0.884. The van der Waals surface area contributed by atoms with Crippen LogP contribution in [0.15, 0.2) is 30.6 Å². The molecule has 0 radical (unpaired) electrons. The Morgan fingerprint density at radius 3 is 2.85 bits per heavy atom. The number of nitrogens with zero attached hydrogens (tertiary/aromatic N) is 2. The van der Waals surface area contributed by atoms with E-state index in [4.69, 9.17) is 11.6 Å². The van der Waals surface area contributed by atoms with E-state index < -0.39 is 0 Å². The van der Waals surface area contributed by atoms with Crippen LogP contribution in [0, 0.1) is 5.82 Å². The van der Waals surface area contributed by atoms with Crippen molar-refractivity contribution in [3.8, 4) is 0 Å². The second-order valence-corrected chi connectivity index (χ2v) is 5.27. The van der Waals surface area contributed by atoms with Crippen LogP contribution < -0.4 is 5.32 Å². The Bertz CT molecular complexity index is 568. The van der Waals surface area contributed by atoms with Gasteiger partial charge in [0.2, 0.25) is 0 Å². The van der Waals surface area contributed by atoms with E-state index in [0.29, 0.717) is 10.6 Å². The summed E-state index contributed by atoms with van der Waals surface area (Å²) in [5.74, 6) is -0.255. The van der Waals surface area contributed by atoms with Gasteiger partial charge in [-0.2, -0.15) is 5.10 Å². The lowest BCUT2D eigenvalue weighted by molar-refractivity contribution is 0.485. The molecule has 108 valence electrons. The van der Waals surface area contributed by atoms with Gasteiger partial charge < -0.3 is 5.32 Å². The zero-order chi connectivity index (χ0) is 14.5. The van der Waals surface area contributed by atoms with Gasteiger partial charge in [0, 0.05) is 29.9 Å². The lowest BCUT2D eigenvalue weighted by atomic mass is 9.99. The van der Waals surface area contributed by atoms with Crippen LogP contribution in [-0.4, -0.2) is 16.3 Å². The standard InChI is InChI=1S/C15H19ClFN3/c1-3-18-15(7-4-11-9-19-20(2)10-11)13-6-5-12(16)8-14(13)17/h5-6,8-10,15,18H,3-4,7H2,1-2H3. The van der Waals surface area contributed by atoms with E-state index in [1.807, 2.05) is 26.4 Å². The first-order valence-corrected chi connectivity index (χ1v) is 7.13. The van der Waals surface area contributed by atoms with Gasteiger partial charge in [-0.15, -0.1) is 0 Å². The molecule has 5 heteroatoms. The Kier molecular flexibility index (Phi) is 5.15. The van der Waals surface area contributed by atoms with Gasteiger partial charge in [0.25, 0.3) is 0 Å². The van der Waals surface area contributed by atoms with E-state index >= 15 is 0 Å². The van der Waals surface area contributed by atoms with E-state index in [-0.39, 0.29) is 11.9 Å². The van der Waals surface area contributed by atoms with E-state index in [9.17, 15) is 4.39 Å². The predicted octanol–water partition coefficient (Wildman–Crippen LogP) is 3.50. The van der Waals surface area contributed by atoms with Gasteiger partial charge in [-0.3, -0.25) is 4.68 Å². The van der Waals surface area contributed by atoms with Crippen molar-refractivity contribution < 1.29 is 4.39 Å². The minimum Gasteiger partial charge on any atom is -0.310 e. The molecule has 0 spiro atoms. The zero-order valence-corrected chi connectivity index (χ0v) is 12.5. The van der Waals surface area contributed by atoms with Crippen LogP contribution >= 0.6 is 11.6 Å². The van der Waals surface area contributed by atoms with Crippen molar-refractivity contribution in [2.24, 2.45) is 7.05 Å². The Morgan fingerprint density at radius 2 is 2.25 bits per heavy atom. The molecule has 0 amide bonds. The molecule has 20 heavy (non-hydrogen) atoms. The maximum absolute atomic E-state index is 14.0. The molecular formula is C15H19ClFN3. The molecule has 2 aromatic rings. The maximum atomic E-state index is 14.0. The van der Waals surface area contributed by atoms with Gasteiger partial charge in [-0.25, -0.2) is 4.39 Å². The number of hydrogen-bond acceptors (Lipinski definition) is 2. The lowest BCUT2D eigenvalue weighted by Gasteiger charge is -2.18. The first kappa shape index (κ1) is 15.0. The number of aromatic nitrogens is 2. The molecule has 1 aromatic heterocycles. The topological polar surface area (TPSA) is 29.9 Å². The number of rotatable bonds is 6. The predicted molar refractivity (Wildman–Crippen MR) is 79.4 cm³/mol. The summed E-state index contributed by atoms with van der Waals surface area (Å²) in [5.41, 5.74) is 1.82. The maximum Gasteiger partial charge on any atom is 0.129 e. The van der Waals surface area contributed by atoms with Crippen LogP contribution in [0.2, 0.25) is 5.02 Å². The minimum absolute atomic E-state index is 0.0162. The second kappa shape index (κ2) is 6.86. The molecule has 0 aliphatic heterocycles. The molecule has 0 saturated heterocycles. The van der Waals surface area contributed by atoms with Crippen LogP contribution in [0.1, 0.15) is 30.5 Å².